The molecule has 0 unspecified atom stereocenters. The van der Waals surface area contributed by atoms with Crippen LogP contribution >= 0.6 is 11.6 Å². The number of ether oxygens (including phenoxy) is 1. The highest BCUT2D eigenvalue weighted by Crippen LogP contribution is 2.22. The van der Waals surface area contributed by atoms with Crippen molar-refractivity contribution in [1.82, 2.24) is 9.62 Å². The molecule has 2 rings (SSSR count). The van der Waals surface area contributed by atoms with Gasteiger partial charge in [-0.1, -0.05) is 17.7 Å². The van der Waals surface area contributed by atoms with Crippen LogP contribution < -0.4 is 10.5 Å². The molecule has 0 atom stereocenters. The first-order chi connectivity index (χ1) is 10.0. The van der Waals surface area contributed by atoms with Crippen molar-refractivity contribution in [2.45, 2.75) is 11.4 Å². The number of nitrogens with one attached hydrogen (secondary N) is 1. The number of nitrogens with zero attached hydrogens (tertiary/aromatic N) is 1. The lowest BCUT2D eigenvalue weighted by atomic mass is 10.2. The highest BCUT2D eigenvalue weighted by Gasteiger charge is 2.19. The van der Waals surface area contributed by atoms with Gasteiger partial charge in [0, 0.05) is 32.7 Å². The molecule has 1 fully saturated rings. The summed E-state index contributed by atoms with van der Waals surface area (Å²) in [4.78, 5) is 2.23. The Hall–Kier alpha value is -0.700. The molecule has 1 aromatic carbocycles. The summed E-state index contributed by atoms with van der Waals surface area (Å²) >= 11 is 5.98. The van der Waals surface area contributed by atoms with Crippen LogP contribution in [0.4, 0.5) is 0 Å². The van der Waals surface area contributed by atoms with Crippen LogP contribution in [0.25, 0.3) is 0 Å². The Kier molecular flexibility index (Phi) is 5.98. The first-order valence-electron chi connectivity index (χ1n) is 6.81. The van der Waals surface area contributed by atoms with Gasteiger partial charge in [0.1, 0.15) is 4.90 Å². The van der Waals surface area contributed by atoms with Gasteiger partial charge in [-0.05, 0) is 17.7 Å². The molecule has 0 aromatic heterocycles. The lowest BCUT2D eigenvalue weighted by Gasteiger charge is -2.26. The second-order valence-electron chi connectivity index (χ2n) is 4.82. The minimum absolute atomic E-state index is 0.0779. The summed E-state index contributed by atoms with van der Waals surface area (Å²) < 4.78 is 32.4. The Bertz CT molecular complexity index is 574. The van der Waals surface area contributed by atoms with Crippen molar-refractivity contribution >= 4 is 21.6 Å². The standard InChI is InChI=1S/C13H20ClN3O3S/c14-12-2-1-11(10-15)9-13(12)21(18,19)16-3-4-17-5-7-20-8-6-17/h1-2,9,16H,3-8,10,15H2. The van der Waals surface area contributed by atoms with Crippen LogP contribution in [0.5, 0.6) is 0 Å². The van der Waals surface area contributed by atoms with Gasteiger partial charge in [0.05, 0.1) is 18.2 Å². The average molecular weight is 334 g/mol. The molecular weight excluding hydrogens is 314 g/mol. The maximum Gasteiger partial charge on any atom is 0.242 e. The van der Waals surface area contributed by atoms with Crippen LogP contribution in [0.2, 0.25) is 5.02 Å². The van der Waals surface area contributed by atoms with Gasteiger partial charge >= 0.3 is 0 Å². The summed E-state index contributed by atoms with van der Waals surface area (Å²) in [6, 6.07) is 4.79. The predicted molar refractivity (Wildman–Crippen MR) is 81.8 cm³/mol. The van der Waals surface area contributed by atoms with Gasteiger partial charge < -0.3 is 10.5 Å². The maximum absolute atomic E-state index is 12.3. The van der Waals surface area contributed by atoms with Crippen LogP contribution in [0.15, 0.2) is 23.1 Å². The van der Waals surface area contributed by atoms with Crippen LogP contribution in [-0.2, 0) is 21.3 Å². The molecule has 21 heavy (non-hydrogen) atoms. The summed E-state index contributed by atoms with van der Waals surface area (Å²) in [5.74, 6) is 0. The van der Waals surface area contributed by atoms with E-state index in [1.165, 1.54) is 6.07 Å². The molecule has 0 radical (unpaired) electrons. The Morgan fingerprint density at radius 3 is 2.71 bits per heavy atom. The highest BCUT2D eigenvalue weighted by atomic mass is 35.5. The van der Waals surface area contributed by atoms with Gasteiger partial charge in [0.15, 0.2) is 0 Å². The summed E-state index contributed by atoms with van der Waals surface area (Å²) in [6.45, 7) is 4.29. The molecule has 0 bridgehead atoms. The number of nitrogens with two attached hydrogens (primary N) is 1. The van der Waals surface area contributed by atoms with Crippen molar-refractivity contribution in [3.8, 4) is 0 Å². The first-order valence-corrected chi connectivity index (χ1v) is 8.67. The fraction of sp³-hybridized carbons (Fsp3) is 0.538. The molecule has 1 aliphatic rings. The first kappa shape index (κ1) is 16.7. The van der Waals surface area contributed by atoms with Crippen molar-refractivity contribution in [3.63, 3.8) is 0 Å². The molecule has 0 aliphatic carbocycles. The molecule has 1 aliphatic heterocycles. The number of halogens is 1. The fourth-order valence-electron chi connectivity index (χ4n) is 2.12. The van der Waals surface area contributed by atoms with E-state index in [9.17, 15) is 8.42 Å². The van der Waals surface area contributed by atoms with E-state index < -0.39 is 10.0 Å². The Balaban J connectivity index is 1.97. The molecule has 1 heterocycles. The van der Waals surface area contributed by atoms with Crippen molar-refractivity contribution in [3.05, 3.63) is 28.8 Å². The predicted octanol–water partition coefficient (Wildman–Crippen LogP) is 0.409. The summed E-state index contributed by atoms with van der Waals surface area (Å²) in [5.41, 5.74) is 6.26. The molecule has 3 N–H and O–H groups in total. The SMILES string of the molecule is NCc1ccc(Cl)c(S(=O)(=O)NCCN2CCOCC2)c1. The lowest BCUT2D eigenvalue weighted by molar-refractivity contribution is 0.0390. The molecule has 0 saturated carbocycles. The lowest BCUT2D eigenvalue weighted by Crippen LogP contribution is -2.41. The number of hydrogen-bond donors (Lipinski definition) is 2. The number of benzene rings is 1. The maximum atomic E-state index is 12.3. The zero-order valence-electron chi connectivity index (χ0n) is 11.7. The minimum Gasteiger partial charge on any atom is -0.379 e. The second kappa shape index (κ2) is 7.53. The monoisotopic (exact) mass is 333 g/mol. The van der Waals surface area contributed by atoms with E-state index in [4.69, 9.17) is 22.1 Å². The zero-order chi connectivity index (χ0) is 15.3. The van der Waals surface area contributed by atoms with E-state index >= 15 is 0 Å². The van der Waals surface area contributed by atoms with Crippen LogP contribution in [0.3, 0.4) is 0 Å². The number of hydrogen-bond acceptors (Lipinski definition) is 5. The third-order valence-electron chi connectivity index (χ3n) is 3.34. The topological polar surface area (TPSA) is 84.7 Å². The molecule has 1 saturated heterocycles. The minimum atomic E-state index is -3.62. The molecule has 0 amide bonds. The van der Waals surface area contributed by atoms with Gasteiger partial charge in [-0.25, -0.2) is 13.1 Å². The third-order valence-corrected chi connectivity index (χ3v) is 5.29. The number of morpholine rings is 1. The zero-order valence-corrected chi connectivity index (χ0v) is 13.3. The van der Waals surface area contributed by atoms with E-state index in [2.05, 4.69) is 9.62 Å². The van der Waals surface area contributed by atoms with Gasteiger partial charge in [-0.15, -0.1) is 0 Å². The molecule has 8 heteroatoms. The fourth-order valence-corrected chi connectivity index (χ4v) is 3.69. The van der Waals surface area contributed by atoms with E-state index in [-0.39, 0.29) is 16.5 Å². The largest absolute Gasteiger partial charge is 0.379 e. The molecule has 0 spiro atoms. The number of rotatable bonds is 6. The second-order valence-corrected chi connectivity index (χ2v) is 6.96. The average Bonchev–Trinajstić information content (AvgIpc) is 2.48. The van der Waals surface area contributed by atoms with Crippen molar-refractivity contribution < 1.29 is 13.2 Å². The molecule has 6 nitrogen and oxygen atoms in total. The Morgan fingerprint density at radius 1 is 1.33 bits per heavy atom. The third kappa shape index (κ3) is 4.64. The summed E-state index contributed by atoms with van der Waals surface area (Å²) in [5, 5.41) is 0.200. The quantitative estimate of drug-likeness (QED) is 0.787. The van der Waals surface area contributed by atoms with Gasteiger partial charge in [-0.2, -0.15) is 0 Å². The van der Waals surface area contributed by atoms with E-state index in [1.54, 1.807) is 12.1 Å². The highest BCUT2D eigenvalue weighted by molar-refractivity contribution is 7.89. The van der Waals surface area contributed by atoms with Crippen molar-refractivity contribution in [1.29, 1.82) is 0 Å². The van der Waals surface area contributed by atoms with Crippen LogP contribution in [0, 0.1) is 0 Å². The smallest absolute Gasteiger partial charge is 0.242 e. The van der Waals surface area contributed by atoms with Gasteiger partial charge in [0.2, 0.25) is 10.0 Å². The summed E-state index contributed by atoms with van der Waals surface area (Å²) in [6.07, 6.45) is 0. The van der Waals surface area contributed by atoms with E-state index in [0.29, 0.717) is 26.3 Å². The van der Waals surface area contributed by atoms with Crippen LogP contribution in [0.1, 0.15) is 5.56 Å². The van der Waals surface area contributed by atoms with Crippen LogP contribution in [-0.4, -0.2) is 52.7 Å². The molecule has 118 valence electrons. The summed E-state index contributed by atoms with van der Waals surface area (Å²) in [7, 11) is -3.62. The Labute approximate surface area is 130 Å². The normalized spacial score (nSPS) is 17.0. The van der Waals surface area contributed by atoms with E-state index in [1.807, 2.05) is 0 Å². The van der Waals surface area contributed by atoms with Crippen molar-refractivity contribution in [2.75, 3.05) is 39.4 Å². The van der Waals surface area contributed by atoms with Gasteiger partial charge in [0.25, 0.3) is 0 Å². The molecule has 1 aromatic rings. The Morgan fingerprint density at radius 2 is 2.05 bits per heavy atom. The van der Waals surface area contributed by atoms with E-state index in [0.717, 1.165) is 18.7 Å². The van der Waals surface area contributed by atoms with Crippen molar-refractivity contribution in [2.24, 2.45) is 5.73 Å². The van der Waals surface area contributed by atoms with Gasteiger partial charge in [-0.3, -0.25) is 4.90 Å². The number of sulfonamides is 1. The molecular formula is C13H20ClN3O3S.